The van der Waals surface area contributed by atoms with Crippen LogP contribution in [0.1, 0.15) is 23.1 Å². The Morgan fingerprint density at radius 1 is 1.44 bits per heavy atom. The van der Waals surface area contributed by atoms with Crippen molar-refractivity contribution in [2.75, 3.05) is 5.32 Å². The highest BCUT2D eigenvalue weighted by molar-refractivity contribution is 7.10. The van der Waals surface area contributed by atoms with Crippen LogP contribution < -0.4 is 11.1 Å². The maximum Gasteiger partial charge on any atom is 0.176 e. The molecule has 0 fully saturated rings. The van der Waals surface area contributed by atoms with E-state index in [1.807, 2.05) is 6.92 Å². The molecule has 0 aromatic carbocycles. The molecule has 3 rings (SSSR count). The third kappa shape index (κ3) is 3.94. The van der Waals surface area contributed by atoms with Crippen LogP contribution in [0.3, 0.4) is 0 Å². The van der Waals surface area contributed by atoms with Crippen LogP contribution in [0.2, 0.25) is 5.15 Å². The number of furan rings is 1. The zero-order valence-electron chi connectivity index (χ0n) is 13.8. The predicted octanol–water partition coefficient (Wildman–Crippen LogP) is 4.83. The molecule has 3 aromatic heterocycles. The molecule has 4 nitrogen and oxygen atoms in total. The molecule has 0 saturated heterocycles. The second kappa shape index (κ2) is 7.27. The number of nitrogens with two attached hydrogens (primary N) is 1. The zero-order valence-corrected chi connectivity index (χ0v) is 15.3. The highest BCUT2D eigenvalue weighted by Gasteiger charge is 2.20. The van der Waals surface area contributed by atoms with Gasteiger partial charge in [0.25, 0.3) is 0 Å². The molecule has 0 aliphatic carbocycles. The molecular formula is C17H18ClF2N3OS. The number of nitrogens with one attached hydrogen (secondary N) is 1. The van der Waals surface area contributed by atoms with E-state index in [2.05, 4.69) is 10.3 Å². The number of aromatic nitrogens is 1. The van der Waals surface area contributed by atoms with Crippen molar-refractivity contribution in [1.29, 1.82) is 0 Å². The quantitative estimate of drug-likeness (QED) is 0.596. The van der Waals surface area contributed by atoms with E-state index >= 15 is 0 Å². The van der Waals surface area contributed by atoms with Crippen LogP contribution in [0.4, 0.5) is 14.5 Å². The summed E-state index contributed by atoms with van der Waals surface area (Å²) < 4.78 is 32.4. The van der Waals surface area contributed by atoms with E-state index in [0.29, 0.717) is 34.2 Å². The van der Waals surface area contributed by atoms with E-state index < -0.39 is 12.2 Å². The first-order valence-electron chi connectivity index (χ1n) is 7.81. The Kier molecular flexibility index (Phi) is 5.27. The lowest BCUT2D eigenvalue weighted by Gasteiger charge is -2.10. The summed E-state index contributed by atoms with van der Waals surface area (Å²) in [6.07, 6.45) is -0.872. The standard InChI is InChI=1S/C17H18ClF2N3OS/c1-8-13(5-11(21)9(2)19)24-17-12(6-14(18)23-16(8)17)22-7-10-3-4-15(20)25-10/h3-4,6,9,11H,5,7,21H2,1-2H3,(H,22,23)/t9-,11+/m0/s1. The smallest absolute Gasteiger partial charge is 0.176 e. The fraction of sp³-hybridized carbons (Fsp3) is 0.353. The molecule has 0 bridgehead atoms. The number of halogens is 3. The number of aryl methyl sites for hydroxylation is 1. The van der Waals surface area contributed by atoms with Gasteiger partial charge in [0.1, 0.15) is 22.6 Å². The van der Waals surface area contributed by atoms with Crippen LogP contribution in [0, 0.1) is 12.1 Å². The third-order valence-electron chi connectivity index (χ3n) is 4.03. The summed E-state index contributed by atoms with van der Waals surface area (Å²) in [7, 11) is 0. The van der Waals surface area contributed by atoms with Crippen LogP contribution in [0.15, 0.2) is 22.6 Å². The summed E-state index contributed by atoms with van der Waals surface area (Å²) in [5.41, 5.74) is 8.40. The normalized spacial score (nSPS) is 14.0. The van der Waals surface area contributed by atoms with Gasteiger partial charge in [0.15, 0.2) is 10.7 Å². The summed E-state index contributed by atoms with van der Waals surface area (Å²) in [4.78, 5) is 5.15. The Hall–Kier alpha value is -1.70. The predicted molar refractivity (Wildman–Crippen MR) is 97.6 cm³/mol. The average molecular weight is 386 g/mol. The number of fused-ring (bicyclic) bond motifs is 1. The summed E-state index contributed by atoms with van der Waals surface area (Å²) in [6.45, 7) is 3.70. The minimum atomic E-state index is -1.14. The number of thiophene rings is 1. The molecule has 0 aliphatic heterocycles. The van der Waals surface area contributed by atoms with Gasteiger partial charge in [0, 0.05) is 35.5 Å². The van der Waals surface area contributed by atoms with Crippen molar-refractivity contribution in [3.8, 4) is 0 Å². The molecule has 0 saturated carbocycles. The minimum Gasteiger partial charge on any atom is -0.457 e. The van der Waals surface area contributed by atoms with Crippen LogP contribution in [0.25, 0.3) is 11.1 Å². The van der Waals surface area contributed by atoms with Crippen LogP contribution in [-0.2, 0) is 13.0 Å². The van der Waals surface area contributed by atoms with Crippen molar-refractivity contribution in [1.82, 2.24) is 4.98 Å². The van der Waals surface area contributed by atoms with E-state index in [9.17, 15) is 8.78 Å². The Morgan fingerprint density at radius 3 is 2.84 bits per heavy atom. The van der Waals surface area contributed by atoms with E-state index in [4.69, 9.17) is 21.8 Å². The van der Waals surface area contributed by atoms with Gasteiger partial charge in [-0.3, -0.25) is 0 Å². The molecule has 134 valence electrons. The van der Waals surface area contributed by atoms with Crippen molar-refractivity contribution in [2.24, 2.45) is 5.73 Å². The number of pyridine rings is 1. The van der Waals surface area contributed by atoms with Gasteiger partial charge in [-0.05, 0) is 26.0 Å². The van der Waals surface area contributed by atoms with Gasteiger partial charge in [0.2, 0.25) is 0 Å². The van der Waals surface area contributed by atoms with E-state index in [1.54, 1.807) is 12.1 Å². The third-order valence-corrected chi connectivity index (χ3v) is 5.10. The lowest BCUT2D eigenvalue weighted by molar-refractivity contribution is 0.295. The second-order valence-corrected chi connectivity index (χ2v) is 7.43. The number of nitrogens with zero attached hydrogens (tertiary/aromatic N) is 1. The molecule has 0 aliphatic rings. The van der Waals surface area contributed by atoms with E-state index in [0.717, 1.165) is 21.8 Å². The summed E-state index contributed by atoms with van der Waals surface area (Å²) in [5.74, 6) is 0.590. The van der Waals surface area contributed by atoms with Crippen LogP contribution in [0.5, 0.6) is 0 Å². The molecule has 3 aromatic rings. The number of hydrogen-bond acceptors (Lipinski definition) is 5. The number of anilines is 1. The number of alkyl halides is 1. The highest BCUT2D eigenvalue weighted by Crippen LogP contribution is 2.33. The van der Waals surface area contributed by atoms with Gasteiger partial charge in [-0.15, -0.1) is 11.3 Å². The van der Waals surface area contributed by atoms with Gasteiger partial charge < -0.3 is 15.5 Å². The van der Waals surface area contributed by atoms with Gasteiger partial charge in [-0.25, -0.2) is 9.37 Å². The molecule has 8 heteroatoms. The second-order valence-electron chi connectivity index (χ2n) is 5.93. The van der Waals surface area contributed by atoms with Gasteiger partial charge in [-0.1, -0.05) is 11.6 Å². The molecule has 3 N–H and O–H groups in total. The first kappa shape index (κ1) is 18.1. The number of rotatable bonds is 6. The van der Waals surface area contributed by atoms with E-state index in [-0.39, 0.29) is 11.6 Å². The van der Waals surface area contributed by atoms with Gasteiger partial charge in [0.05, 0.1) is 5.69 Å². The zero-order chi connectivity index (χ0) is 18.1. The first-order valence-corrected chi connectivity index (χ1v) is 9.01. The van der Waals surface area contributed by atoms with Crippen molar-refractivity contribution in [3.63, 3.8) is 0 Å². The first-order chi connectivity index (χ1) is 11.8. The fourth-order valence-corrected chi connectivity index (χ4v) is 3.38. The van der Waals surface area contributed by atoms with Crippen molar-refractivity contribution in [3.05, 3.63) is 44.7 Å². The molecule has 0 radical (unpaired) electrons. The Bertz CT molecular complexity index is 894. The molecule has 0 unspecified atom stereocenters. The van der Waals surface area contributed by atoms with Gasteiger partial charge >= 0.3 is 0 Å². The Morgan fingerprint density at radius 2 is 2.20 bits per heavy atom. The maximum atomic E-state index is 13.4. The van der Waals surface area contributed by atoms with Crippen LogP contribution >= 0.6 is 22.9 Å². The molecule has 0 amide bonds. The largest absolute Gasteiger partial charge is 0.457 e. The highest BCUT2D eigenvalue weighted by atomic mass is 35.5. The molecule has 25 heavy (non-hydrogen) atoms. The summed E-state index contributed by atoms with van der Waals surface area (Å²) in [6, 6.07) is 4.14. The fourth-order valence-electron chi connectivity index (χ4n) is 2.52. The molecule has 3 heterocycles. The Labute approximate surface area is 153 Å². The minimum absolute atomic E-state index is 0.236. The molecule has 2 atom stereocenters. The Balaban J connectivity index is 1.92. The lowest BCUT2D eigenvalue weighted by Crippen LogP contribution is -2.31. The number of hydrogen-bond donors (Lipinski definition) is 2. The molecular weight excluding hydrogens is 368 g/mol. The van der Waals surface area contributed by atoms with E-state index in [1.165, 1.54) is 13.0 Å². The SMILES string of the molecule is Cc1c(C[C@@H](N)[C@H](C)F)oc2c(NCc3ccc(F)s3)cc(Cl)nc12. The van der Waals surface area contributed by atoms with Crippen molar-refractivity contribution in [2.45, 2.75) is 39.0 Å². The van der Waals surface area contributed by atoms with Crippen molar-refractivity contribution < 1.29 is 13.2 Å². The monoisotopic (exact) mass is 385 g/mol. The molecule has 0 spiro atoms. The topological polar surface area (TPSA) is 64.1 Å². The maximum absolute atomic E-state index is 13.4. The van der Waals surface area contributed by atoms with Crippen molar-refractivity contribution >= 4 is 39.7 Å². The lowest BCUT2D eigenvalue weighted by atomic mass is 10.1. The van der Waals surface area contributed by atoms with Crippen LogP contribution in [-0.4, -0.2) is 17.2 Å². The van der Waals surface area contributed by atoms with Gasteiger partial charge in [-0.2, -0.15) is 4.39 Å². The summed E-state index contributed by atoms with van der Waals surface area (Å²) >= 11 is 7.18. The average Bonchev–Trinajstić information content (AvgIpc) is 3.10. The summed E-state index contributed by atoms with van der Waals surface area (Å²) in [5, 5.41) is 3.27.